The predicted octanol–water partition coefficient (Wildman–Crippen LogP) is 3.06. The smallest absolute Gasteiger partial charge is 0.319 e. The van der Waals surface area contributed by atoms with Gasteiger partial charge < -0.3 is 21.7 Å². The minimum absolute atomic E-state index is 0.278. The lowest BCUT2D eigenvalue weighted by atomic mass is 9.95. The van der Waals surface area contributed by atoms with E-state index in [0.717, 1.165) is 19.3 Å². The van der Waals surface area contributed by atoms with E-state index in [0.29, 0.717) is 29.5 Å². The van der Waals surface area contributed by atoms with Crippen LogP contribution >= 0.6 is 0 Å². The molecule has 0 spiro atoms. The Labute approximate surface area is 137 Å². The largest absolute Gasteiger partial charge is 0.380 e. The number of rotatable bonds is 6. The lowest BCUT2D eigenvalue weighted by Crippen LogP contribution is -2.31. The van der Waals surface area contributed by atoms with Gasteiger partial charge in [-0.25, -0.2) is 4.79 Å². The molecule has 5 N–H and O–H groups in total. The van der Waals surface area contributed by atoms with Crippen LogP contribution in [0.3, 0.4) is 0 Å². The third-order valence-corrected chi connectivity index (χ3v) is 4.07. The zero-order valence-electron chi connectivity index (χ0n) is 13.7. The van der Waals surface area contributed by atoms with Crippen molar-refractivity contribution in [2.45, 2.75) is 51.5 Å². The van der Waals surface area contributed by atoms with Crippen LogP contribution in [0.5, 0.6) is 0 Å². The number of benzene rings is 1. The number of primary amides is 1. The zero-order valence-corrected chi connectivity index (χ0v) is 13.7. The molecule has 1 fully saturated rings. The first-order valence-electron chi connectivity index (χ1n) is 8.36. The lowest BCUT2D eigenvalue weighted by molar-refractivity contribution is 0.100. The highest BCUT2D eigenvalue weighted by atomic mass is 16.2. The van der Waals surface area contributed by atoms with Crippen molar-refractivity contribution in [2.24, 2.45) is 5.73 Å². The van der Waals surface area contributed by atoms with Crippen LogP contribution in [0, 0.1) is 0 Å². The number of para-hydroxylation sites is 1. The number of hydrogen-bond acceptors (Lipinski definition) is 3. The molecule has 126 valence electrons. The van der Waals surface area contributed by atoms with Gasteiger partial charge in [0, 0.05) is 12.6 Å². The third kappa shape index (κ3) is 4.87. The Morgan fingerprint density at radius 1 is 1.22 bits per heavy atom. The molecular formula is C17H26N4O2. The molecule has 1 aromatic carbocycles. The molecule has 0 atom stereocenters. The molecule has 1 aromatic rings. The number of amides is 3. The van der Waals surface area contributed by atoms with Crippen molar-refractivity contribution < 1.29 is 9.59 Å². The topological polar surface area (TPSA) is 96.2 Å². The average molecular weight is 318 g/mol. The summed E-state index contributed by atoms with van der Waals surface area (Å²) in [4.78, 5) is 23.7. The van der Waals surface area contributed by atoms with Gasteiger partial charge >= 0.3 is 6.03 Å². The number of nitrogens with two attached hydrogens (primary N) is 1. The van der Waals surface area contributed by atoms with Crippen LogP contribution < -0.4 is 21.7 Å². The number of urea groups is 1. The summed E-state index contributed by atoms with van der Waals surface area (Å²) in [7, 11) is 0. The molecule has 23 heavy (non-hydrogen) atoms. The first-order valence-corrected chi connectivity index (χ1v) is 8.36. The van der Waals surface area contributed by atoms with Crippen LogP contribution in [0.4, 0.5) is 16.2 Å². The van der Waals surface area contributed by atoms with Crippen LogP contribution in [0.15, 0.2) is 18.2 Å². The Morgan fingerprint density at radius 2 is 1.96 bits per heavy atom. The molecule has 0 bridgehead atoms. The van der Waals surface area contributed by atoms with Crippen molar-refractivity contribution >= 4 is 23.3 Å². The van der Waals surface area contributed by atoms with Crippen molar-refractivity contribution in [3.8, 4) is 0 Å². The fourth-order valence-electron chi connectivity index (χ4n) is 2.87. The normalized spacial score (nSPS) is 15.0. The SMILES string of the molecule is CCCNC(=O)Nc1cccc(C(N)=O)c1NC1CCCCC1. The maximum Gasteiger partial charge on any atom is 0.319 e. The molecule has 0 saturated heterocycles. The second kappa shape index (κ2) is 8.41. The molecule has 1 saturated carbocycles. The van der Waals surface area contributed by atoms with Crippen molar-refractivity contribution in [3.05, 3.63) is 23.8 Å². The molecule has 3 amide bonds. The molecule has 0 heterocycles. The van der Waals surface area contributed by atoms with Gasteiger partial charge in [-0.15, -0.1) is 0 Å². The van der Waals surface area contributed by atoms with E-state index in [9.17, 15) is 9.59 Å². The second-order valence-electron chi connectivity index (χ2n) is 5.95. The average Bonchev–Trinajstić information content (AvgIpc) is 2.55. The third-order valence-electron chi connectivity index (χ3n) is 4.07. The molecular weight excluding hydrogens is 292 g/mol. The Morgan fingerprint density at radius 3 is 2.61 bits per heavy atom. The number of carbonyl (C=O) groups is 2. The highest BCUT2D eigenvalue weighted by Crippen LogP contribution is 2.30. The van der Waals surface area contributed by atoms with Gasteiger partial charge in [0.05, 0.1) is 16.9 Å². The lowest BCUT2D eigenvalue weighted by Gasteiger charge is -2.26. The molecule has 1 aliphatic rings. The van der Waals surface area contributed by atoms with Gasteiger partial charge in [0.15, 0.2) is 0 Å². The van der Waals surface area contributed by atoms with Gasteiger partial charge in [-0.05, 0) is 31.4 Å². The molecule has 0 unspecified atom stereocenters. The molecule has 0 aromatic heterocycles. The minimum Gasteiger partial charge on any atom is -0.380 e. The Kier molecular flexibility index (Phi) is 6.26. The van der Waals surface area contributed by atoms with E-state index in [1.165, 1.54) is 19.3 Å². The highest BCUT2D eigenvalue weighted by Gasteiger charge is 2.19. The van der Waals surface area contributed by atoms with E-state index in [-0.39, 0.29) is 6.03 Å². The van der Waals surface area contributed by atoms with Gasteiger partial charge in [-0.3, -0.25) is 4.79 Å². The molecule has 6 nitrogen and oxygen atoms in total. The predicted molar refractivity (Wildman–Crippen MR) is 92.8 cm³/mol. The first-order chi connectivity index (χ1) is 11.1. The summed E-state index contributed by atoms with van der Waals surface area (Å²) in [6.45, 7) is 2.59. The van der Waals surface area contributed by atoms with E-state index in [1.807, 2.05) is 6.92 Å². The molecule has 0 radical (unpaired) electrons. The van der Waals surface area contributed by atoms with Crippen molar-refractivity contribution in [1.82, 2.24) is 5.32 Å². The van der Waals surface area contributed by atoms with E-state index in [1.54, 1.807) is 18.2 Å². The summed E-state index contributed by atoms with van der Waals surface area (Å²) < 4.78 is 0. The van der Waals surface area contributed by atoms with Gasteiger partial charge in [-0.1, -0.05) is 32.3 Å². The summed E-state index contributed by atoms with van der Waals surface area (Å²) in [5, 5.41) is 8.99. The number of carbonyl (C=O) groups excluding carboxylic acids is 2. The second-order valence-corrected chi connectivity index (χ2v) is 5.95. The number of hydrogen-bond donors (Lipinski definition) is 4. The first kappa shape index (κ1) is 17.1. The van der Waals surface area contributed by atoms with Gasteiger partial charge in [0.2, 0.25) is 0 Å². The maximum absolute atomic E-state index is 11.9. The van der Waals surface area contributed by atoms with Crippen LogP contribution in [0.25, 0.3) is 0 Å². The van der Waals surface area contributed by atoms with Gasteiger partial charge in [0.25, 0.3) is 5.91 Å². The summed E-state index contributed by atoms with van der Waals surface area (Å²) >= 11 is 0. The van der Waals surface area contributed by atoms with Crippen LogP contribution in [-0.4, -0.2) is 24.5 Å². The summed E-state index contributed by atoms with van der Waals surface area (Å²) in [6, 6.07) is 5.22. The van der Waals surface area contributed by atoms with E-state index in [4.69, 9.17) is 5.73 Å². The number of nitrogens with one attached hydrogen (secondary N) is 3. The summed E-state index contributed by atoms with van der Waals surface area (Å²) in [5.41, 5.74) is 7.11. The van der Waals surface area contributed by atoms with E-state index in [2.05, 4.69) is 16.0 Å². The van der Waals surface area contributed by atoms with Gasteiger partial charge in [-0.2, -0.15) is 0 Å². The standard InChI is InChI=1S/C17H26N4O2/c1-2-11-19-17(23)21-14-10-6-9-13(16(18)22)15(14)20-12-7-4-3-5-8-12/h6,9-10,12,20H,2-5,7-8,11H2,1H3,(H2,18,22)(H2,19,21,23). The fourth-order valence-corrected chi connectivity index (χ4v) is 2.87. The molecule has 0 aliphatic heterocycles. The Hall–Kier alpha value is -2.24. The summed E-state index contributed by atoms with van der Waals surface area (Å²) in [6.07, 6.45) is 6.59. The van der Waals surface area contributed by atoms with E-state index >= 15 is 0 Å². The Balaban J connectivity index is 2.20. The quantitative estimate of drug-likeness (QED) is 0.649. The van der Waals surface area contributed by atoms with Crippen molar-refractivity contribution in [1.29, 1.82) is 0 Å². The van der Waals surface area contributed by atoms with Crippen LogP contribution in [0.2, 0.25) is 0 Å². The van der Waals surface area contributed by atoms with Crippen molar-refractivity contribution in [3.63, 3.8) is 0 Å². The highest BCUT2D eigenvalue weighted by molar-refractivity contribution is 6.04. The van der Waals surface area contributed by atoms with E-state index < -0.39 is 5.91 Å². The molecule has 1 aliphatic carbocycles. The van der Waals surface area contributed by atoms with Crippen molar-refractivity contribution in [2.75, 3.05) is 17.2 Å². The van der Waals surface area contributed by atoms with Gasteiger partial charge in [0.1, 0.15) is 0 Å². The van der Waals surface area contributed by atoms with Crippen LogP contribution in [-0.2, 0) is 0 Å². The molecule has 6 heteroatoms. The summed E-state index contributed by atoms with van der Waals surface area (Å²) in [5.74, 6) is -0.499. The van der Waals surface area contributed by atoms with Crippen LogP contribution in [0.1, 0.15) is 55.8 Å². The number of anilines is 2. The minimum atomic E-state index is -0.499. The molecule has 2 rings (SSSR count). The zero-order chi connectivity index (χ0) is 16.7. The monoisotopic (exact) mass is 318 g/mol. The Bertz CT molecular complexity index is 554. The maximum atomic E-state index is 11.9. The fraction of sp³-hybridized carbons (Fsp3) is 0.529.